The van der Waals surface area contributed by atoms with Gasteiger partial charge in [0.25, 0.3) is 0 Å². The van der Waals surface area contributed by atoms with Crippen molar-refractivity contribution in [2.75, 3.05) is 19.6 Å². The molecule has 4 aromatic rings. The molecule has 0 N–H and O–H groups in total. The molecule has 1 saturated heterocycles. The molecular formula is C22H25N5O. The zero-order valence-corrected chi connectivity index (χ0v) is 16.2. The molecule has 28 heavy (non-hydrogen) atoms. The molecule has 0 spiro atoms. The minimum atomic E-state index is 0.500. The van der Waals surface area contributed by atoms with Gasteiger partial charge >= 0.3 is 0 Å². The van der Waals surface area contributed by atoms with Gasteiger partial charge in [0.15, 0.2) is 5.58 Å². The molecule has 1 aliphatic rings. The van der Waals surface area contributed by atoms with Gasteiger partial charge in [0.2, 0.25) is 0 Å². The molecule has 144 valence electrons. The Bertz CT molecular complexity index is 1090. The van der Waals surface area contributed by atoms with Gasteiger partial charge in [-0.2, -0.15) is 0 Å². The first-order chi connectivity index (χ1) is 13.8. The van der Waals surface area contributed by atoms with Crippen LogP contribution in [0.25, 0.3) is 22.0 Å². The highest BCUT2D eigenvalue weighted by Gasteiger charge is 2.24. The molecule has 0 bridgehead atoms. The summed E-state index contributed by atoms with van der Waals surface area (Å²) in [5, 5.41) is 14.1. The van der Waals surface area contributed by atoms with Crippen LogP contribution in [-0.2, 0) is 6.54 Å². The number of rotatable bonds is 5. The Kier molecular flexibility index (Phi) is 4.56. The van der Waals surface area contributed by atoms with Gasteiger partial charge in [0.1, 0.15) is 5.52 Å². The number of para-hydroxylation sites is 1. The molecule has 0 atom stereocenters. The standard InChI is InChI=1S/C22H25N5O/c1-16-7-8-18-21(15-16)28-24-22(18)17-9-13-26(14-10-17)11-4-12-27-20-6-3-2-5-19(20)23-25-27/h2-3,5-8,15,17H,4,9-14H2,1H3. The van der Waals surface area contributed by atoms with Crippen LogP contribution in [-0.4, -0.2) is 44.7 Å². The van der Waals surface area contributed by atoms with Crippen molar-refractivity contribution in [1.82, 2.24) is 25.1 Å². The Morgan fingerprint density at radius 1 is 1.07 bits per heavy atom. The van der Waals surface area contributed by atoms with Crippen LogP contribution in [0.3, 0.4) is 0 Å². The van der Waals surface area contributed by atoms with Crippen molar-refractivity contribution in [2.45, 2.75) is 38.6 Å². The summed E-state index contributed by atoms with van der Waals surface area (Å²) >= 11 is 0. The molecule has 0 aliphatic carbocycles. The molecule has 0 amide bonds. The number of likely N-dealkylation sites (tertiary alicyclic amines) is 1. The number of piperidine rings is 1. The number of hydrogen-bond donors (Lipinski definition) is 0. The summed E-state index contributed by atoms with van der Waals surface area (Å²) in [6.45, 7) is 6.32. The van der Waals surface area contributed by atoms with Crippen molar-refractivity contribution >= 4 is 22.0 Å². The normalized spacial score (nSPS) is 16.3. The first kappa shape index (κ1) is 17.4. The third-order valence-electron chi connectivity index (χ3n) is 5.89. The molecule has 0 unspecified atom stereocenters. The molecule has 0 saturated carbocycles. The average Bonchev–Trinajstić information content (AvgIpc) is 3.33. The molecule has 1 aliphatic heterocycles. The molecule has 6 nitrogen and oxygen atoms in total. The van der Waals surface area contributed by atoms with Crippen LogP contribution in [0.5, 0.6) is 0 Å². The maximum atomic E-state index is 5.57. The van der Waals surface area contributed by atoms with E-state index in [1.54, 1.807) is 0 Å². The Labute approximate surface area is 164 Å². The lowest BCUT2D eigenvalue weighted by molar-refractivity contribution is 0.203. The molecule has 1 fully saturated rings. The lowest BCUT2D eigenvalue weighted by Crippen LogP contribution is -2.34. The van der Waals surface area contributed by atoms with Crippen LogP contribution in [0.4, 0.5) is 0 Å². The number of hydrogen-bond acceptors (Lipinski definition) is 5. The fourth-order valence-electron chi connectivity index (χ4n) is 4.32. The third-order valence-corrected chi connectivity index (χ3v) is 5.89. The lowest BCUT2D eigenvalue weighted by Gasteiger charge is -2.31. The summed E-state index contributed by atoms with van der Waals surface area (Å²) in [6.07, 6.45) is 3.37. The van der Waals surface area contributed by atoms with E-state index in [4.69, 9.17) is 4.52 Å². The van der Waals surface area contributed by atoms with E-state index in [0.717, 1.165) is 67.8 Å². The van der Waals surface area contributed by atoms with E-state index >= 15 is 0 Å². The van der Waals surface area contributed by atoms with Crippen molar-refractivity contribution in [2.24, 2.45) is 0 Å². The summed E-state index contributed by atoms with van der Waals surface area (Å²) in [5.41, 5.74) is 5.36. The van der Waals surface area contributed by atoms with Crippen molar-refractivity contribution in [3.63, 3.8) is 0 Å². The Morgan fingerprint density at radius 3 is 2.82 bits per heavy atom. The van der Waals surface area contributed by atoms with E-state index in [-0.39, 0.29) is 0 Å². The van der Waals surface area contributed by atoms with Crippen LogP contribution in [0.1, 0.15) is 36.4 Å². The summed E-state index contributed by atoms with van der Waals surface area (Å²) in [5.74, 6) is 0.500. The van der Waals surface area contributed by atoms with Gasteiger partial charge in [-0.25, -0.2) is 4.68 Å². The van der Waals surface area contributed by atoms with Gasteiger partial charge in [-0.15, -0.1) is 5.10 Å². The Hall–Kier alpha value is -2.73. The van der Waals surface area contributed by atoms with Crippen molar-refractivity contribution in [1.29, 1.82) is 0 Å². The van der Waals surface area contributed by atoms with E-state index in [0.29, 0.717) is 5.92 Å². The first-order valence-corrected chi connectivity index (χ1v) is 10.1. The maximum absolute atomic E-state index is 5.57. The number of aromatic nitrogens is 4. The van der Waals surface area contributed by atoms with Gasteiger partial charge in [0, 0.05) is 17.8 Å². The molecule has 3 heterocycles. The van der Waals surface area contributed by atoms with Gasteiger partial charge < -0.3 is 9.42 Å². The second-order valence-electron chi connectivity index (χ2n) is 7.84. The van der Waals surface area contributed by atoms with Gasteiger partial charge in [-0.1, -0.05) is 28.6 Å². The SMILES string of the molecule is Cc1ccc2c(C3CCN(CCCn4nnc5ccccc54)CC3)noc2c1. The van der Waals surface area contributed by atoms with E-state index < -0.39 is 0 Å². The quantitative estimate of drug-likeness (QED) is 0.524. The first-order valence-electron chi connectivity index (χ1n) is 10.1. The van der Waals surface area contributed by atoms with Crippen molar-refractivity contribution in [3.05, 3.63) is 53.7 Å². The Morgan fingerprint density at radius 2 is 1.93 bits per heavy atom. The highest BCUT2D eigenvalue weighted by atomic mass is 16.5. The van der Waals surface area contributed by atoms with Crippen LogP contribution in [0.15, 0.2) is 47.0 Å². The molecule has 5 rings (SSSR count). The van der Waals surface area contributed by atoms with Crippen LogP contribution in [0.2, 0.25) is 0 Å². The van der Waals surface area contributed by atoms with E-state index in [1.807, 2.05) is 22.9 Å². The molecule has 2 aromatic heterocycles. The van der Waals surface area contributed by atoms with E-state index in [1.165, 1.54) is 10.9 Å². The lowest BCUT2D eigenvalue weighted by atomic mass is 9.91. The predicted octanol–water partition coefficient (Wildman–Crippen LogP) is 4.15. The number of nitrogens with zero attached hydrogens (tertiary/aromatic N) is 5. The van der Waals surface area contributed by atoms with Crippen LogP contribution >= 0.6 is 0 Å². The second-order valence-corrected chi connectivity index (χ2v) is 7.84. The maximum Gasteiger partial charge on any atom is 0.167 e. The topological polar surface area (TPSA) is 60.0 Å². The van der Waals surface area contributed by atoms with Gasteiger partial charge in [-0.3, -0.25) is 0 Å². The molecule has 6 heteroatoms. The number of fused-ring (bicyclic) bond motifs is 2. The van der Waals surface area contributed by atoms with Crippen molar-refractivity contribution < 1.29 is 4.52 Å². The fraction of sp³-hybridized carbons (Fsp3) is 0.409. The summed E-state index contributed by atoms with van der Waals surface area (Å²) in [6, 6.07) is 14.5. The van der Waals surface area contributed by atoms with Crippen LogP contribution < -0.4 is 0 Å². The van der Waals surface area contributed by atoms with Crippen LogP contribution in [0, 0.1) is 6.92 Å². The van der Waals surface area contributed by atoms with Gasteiger partial charge in [0.05, 0.1) is 11.2 Å². The summed E-state index contributed by atoms with van der Waals surface area (Å²) < 4.78 is 7.59. The number of benzene rings is 2. The highest BCUT2D eigenvalue weighted by molar-refractivity contribution is 5.80. The monoisotopic (exact) mass is 375 g/mol. The van der Waals surface area contributed by atoms with Gasteiger partial charge in [-0.05, 0) is 75.6 Å². The molecule has 0 radical (unpaired) electrons. The predicted molar refractivity (Wildman–Crippen MR) is 109 cm³/mol. The Balaban J connectivity index is 1.16. The fourth-order valence-corrected chi connectivity index (χ4v) is 4.32. The summed E-state index contributed by atoms with van der Waals surface area (Å²) in [4.78, 5) is 2.56. The van der Waals surface area contributed by atoms with E-state index in [2.05, 4.69) is 51.6 Å². The average molecular weight is 375 g/mol. The third kappa shape index (κ3) is 3.29. The largest absolute Gasteiger partial charge is 0.356 e. The molecule has 2 aromatic carbocycles. The van der Waals surface area contributed by atoms with E-state index in [9.17, 15) is 0 Å². The minimum absolute atomic E-state index is 0.500. The number of aryl methyl sites for hydroxylation is 2. The molecular weight excluding hydrogens is 350 g/mol. The zero-order chi connectivity index (χ0) is 18.9. The zero-order valence-electron chi connectivity index (χ0n) is 16.2. The van der Waals surface area contributed by atoms with Crippen molar-refractivity contribution in [3.8, 4) is 0 Å². The smallest absolute Gasteiger partial charge is 0.167 e. The minimum Gasteiger partial charge on any atom is -0.356 e. The second kappa shape index (κ2) is 7.36. The summed E-state index contributed by atoms with van der Waals surface area (Å²) in [7, 11) is 0. The highest BCUT2D eigenvalue weighted by Crippen LogP contribution is 2.32.